The Kier molecular flexibility index (Phi) is 8.56. The van der Waals surface area contributed by atoms with Crippen molar-refractivity contribution >= 4 is 11.9 Å². The molecule has 0 aliphatic heterocycles. The molecule has 5 heteroatoms. The highest BCUT2D eigenvalue weighted by Gasteiger charge is 2.26. The molecule has 0 aliphatic carbocycles. The largest absolute Gasteiger partial charge is 0.480 e. The van der Waals surface area contributed by atoms with Gasteiger partial charge in [-0.1, -0.05) is 26.0 Å². The Morgan fingerprint density at radius 2 is 1.70 bits per heavy atom. The van der Waals surface area contributed by atoms with E-state index in [1.54, 1.807) is 19.1 Å². The number of carboxylic acids is 1. The lowest BCUT2D eigenvalue weighted by molar-refractivity contribution is -0.143. The molecule has 2 atom stereocenters. The van der Waals surface area contributed by atoms with Crippen LogP contribution in [0.2, 0.25) is 0 Å². The van der Waals surface area contributed by atoms with Gasteiger partial charge >= 0.3 is 5.97 Å². The molecule has 0 saturated carbocycles. The Balaban J connectivity index is 4.71. The Morgan fingerprint density at radius 3 is 2.05 bits per heavy atom. The SMILES string of the molecule is C=CCN(CC=C)C(C)C(=O)NC(CC(C)C)C(=O)O. The molecule has 2 unspecified atom stereocenters. The number of carbonyl (C=O) groups is 2. The molecule has 0 aromatic carbocycles. The molecule has 0 aromatic heterocycles. The number of nitrogens with zero attached hydrogens (tertiary/aromatic N) is 1. The van der Waals surface area contributed by atoms with Gasteiger partial charge in [-0.3, -0.25) is 9.69 Å². The fourth-order valence-corrected chi connectivity index (χ4v) is 1.87. The molecular formula is C15H26N2O3. The van der Waals surface area contributed by atoms with E-state index in [0.717, 1.165) is 0 Å². The summed E-state index contributed by atoms with van der Waals surface area (Å²) < 4.78 is 0. The molecule has 114 valence electrons. The zero-order chi connectivity index (χ0) is 15.7. The molecule has 0 rings (SSSR count). The van der Waals surface area contributed by atoms with Crippen LogP contribution in [0.4, 0.5) is 0 Å². The van der Waals surface area contributed by atoms with Crippen LogP contribution < -0.4 is 5.32 Å². The molecule has 0 heterocycles. The summed E-state index contributed by atoms with van der Waals surface area (Å²) in [7, 11) is 0. The number of hydrogen-bond acceptors (Lipinski definition) is 3. The predicted octanol–water partition coefficient (Wildman–Crippen LogP) is 1.66. The Hall–Kier alpha value is -1.62. The minimum absolute atomic E-state index is 0.198. The monoisotopic (exact) mass is 282 g/mol. The number of carboxylic acid groups (broad SMARTS) is 1. The normalized spacial score (nSPS) is 13.8. The number of amides is 1. The topological polar surface area (TPSA) is 69.6 Å². The lowest BCUT2D eigenvalue weighted by Gasteiger charge is -2.27. The predicted molar refractivity (Wildman–Crippen MR) is 80.5 cm³/mol. The van der Waals surface area contributed by atoms with Crippen molar-refractivity contribution in [3.63, 3.8) is 0 Å². The van der Waals surface area contributed by atoms with Crippen LogP contribution in [0.5, 0.6) is 0 Å². The average Bonchev–Trinajstić information content (AvgIpc) is 2.36. The first-order valence-corrected chi connectivity index (χ1v) is 6.82. The van der Waals surface area contributed by atoms with Gasteiger partial charge in [0, 0.05) is 13.1 Å². The van der Waals surface area contributed by atoms with Crippen LogP contribution in [-0.4, -0.2) is 47.1 Å². The number of carbonyl (C=O) groups excluding carboxylic acids is 1. The standard InChI is InChI=1S/C15H26N2O3/c1-6-8-17(9-7-2)12(5)14(18)16-13(15(19)20)10-11(3)4/h6-7,11-13H,1-2,8-10H2,3-5H3,(H,16,18)(H,19,20). The third-order valence-corrected chi connectivity index (χ3v) is 2.98. The van der Waals surface area contributed by atoms with Gasteiger partial charge in [0.05, 0.1) is 6.04 Å². The summed E-state index contributed by atoms with van der Waals surface area (Å²) in [6.07, 6.45) is 3.82. The van der Waals surface area contributed by atoms with E-state index < -0.39 is 18.1 Å². The zero-order valence-electron chi connectivity index (χ0n) is 12.6. The molecule has 0 spiro atoms. The second-order valence-electron chi connectivity index (χ2n) is 5.24. The van der Waals surface area contributed by atoms with E-state index in [0.29, 0.717) is 19.5 Å². The van der Waals surface area contributed by atoms with Crippen molar-refractivity contribution in [3.8, 4) is 0 Å². The number of nitrogens with one attached hydrogen (secondary N) is 1. The third-order valence-electron chi connectivity index (χ3n) is 2.98. The van der Waals surface area contributed by atoms with Crippen molar-refractivity contribution in [2.45, 2.75) is 39.3 Å². The third kappa shape index (κ3) is 6.52. The Bertz CT molecular complexity index is 343. The lowest BCUT2D eigenvalue weighted by Crippen LogP contribution is -2.50. The van der Waals surface area contributed by atoms with Gasteiger partial charge in [-0.25, -0.2) is 4.79 Å². The Morgan fingerprint density at radius 1 is 1.20 bits per heavy atom. The number of hydrogen-bond donors (Lipinski definition) is 2. The van der Waals surface area contributed by atoms with Crippen LogP contribution in [0, 0.1) is 5.92 Å². The molecule has 2 N–H and O–H groups in total. The first kappa shape index (κ1) is 18.4. The van der Waals surface area contributed by atoms with Gasteiger partial charge in [0.15, 0.2) is 0 Å². The van der Waals surface area contributed by atoms with Crippen LogP contribution >= 0.6 is 0 Å². The smallest absolute Gasteiger partial charge is 0.326 e. The van der Waals surface area contributed by atoms with E-state index >= 15 is 0 Å². The summed E-state index contributed by atoms with van der Waals surface area (Å²) in [6.45, 7) is 14.0. The lowest BCUT2D eigenvalue weighted by atomic mass is 10.0. The molecular weight excluding hydrogens is 256 g/mol. The van der Waals surface area contributed by atoms with Crippen LogP contribution in [-0.2, 0) is 9.59 Å². The maximum atomic E-state index is 12.1. The summed E-state index contributed by atoms with van der Waals surface area (Å²) >= 11 is 0. The van der Waals surface area contributed by atoms with Crippen molar-refractivity contribution in [1.82, 2.24) is 10.2 Å². The van der Waals surface area contributed by atoms with Crippen molar-refractivity contribution < 1.29 is 14.7 Å². The minimum atomic E-state index is -1.00. The fraction of sp³-hybridized carbons (Fsp3) is 0.600. The van der Waals surface area contributed by atoms with Gasteiger partial charge in [-0.2, -0.15) is 0 Å². The quantitative estimate of drug-likeness (QED) is 0.598. The van der Waals surface area contributed by atoms with Gasteiger partial charge in [-0.15, -0.1) is 13.2 Å². The van der Waals surface area contributed by atoms with Crippen molar-refractivity contribution in [2.75, 3.05) is 13.1 Å². The van der Waals surface area contributed by atoms with Crippen LogP contribution in [0.1, 0.15) is 27.2 Å². The summed E-state index contributed by atoms with van der Waals surface area (Å²) in [5, 5.41) is 11.7. The highest BCUT2D eigenvalue weighted by atomic mass is 16.4. The summed E-state index contributed by atoms with van der Waals surface area (Å²) in [5.74, 6) is -1.09. The van der Waals surface area contributed by atoms with Gasteiger partial charge in [0.2, 0.25) is 5.91 Å². The molecule has 0 saturated heterocycles. The number of rotatable bonds is 10. The maximum Gasteiger partial charge on any atom is 0.326 e. The van der Waals surface area contributed by atoms with Gasteiger partial charge in [-0.05, 0) is 19.3 Å². The summed E-state index contributed by atoms with van der Waals surface area (Å²) in [5.41, 5.74) is 0. The fourth-order valence-electron chi connectivity index (χ4n) is 1.87. The molecule has 1 amide bonds. The van der Waals surface area contributed by atoms with Gasteiger partial charge in [0.1, 0.15) is 6.04 Å². The van der Waals surface area contributed by atoms with Crippen molar-refractivity contribution in [1.29, 1.82) is 0 Å². The number of aliphatic carboxylic acids is 1. The van der Waals surface area contributed by atoms with E-state index in [9.17, 15) is 9.59 Å². The molecule has 0 bridgehead atoms. The zero-order valence-corrected chi connectivity index (χ0v) is 12.6. The average molecular weight is 282 g/mol. The summed E-state index contributed by atoms with van der Waals surface area (Å²) in [4.78, 5) is 25.2. The minimum Gasteiger partial charge on any atom is -0.480 e. The second-order valence-corrected chi connectivity index (χ2v) is 5.24. The summed E-state index contributed by atoms with van der Waals surface area (Å²) in [6, 6.07) is -1.28. The van der Waals surface area contributed by atoms with E-state index in [2.05, 4.69) is 18.5 Å². The van der Waals surface area contributed by atoms with Crippen molar-refractivity contribution in [3.05, 3.63) is 25.3 Å². The first-order valence-electron chi connectivity index (χ1n) is 6.82. The van der Waals surface area contributed by atoms with E-state index in [1.165, 1.54) is 0 Å². The highest BCUT2D eigenvalue weighted by Crippen LogP contribution is 2.07. The van der Waals surface area contributed by atoms with E-state index in [4.69, 9.17) is 5.11 Å². The molecule has 0 radical (unpaired) electrons. The van der Waals surface area contributed by atoms with Crippen LogP contribution in [0.3, 0.4) is 0 Å². The first-order chi connectivity index (χ1) is 9.33. The van der Waals surface area contributed by atoms with Crippen molar-refractivity contribution in [2.24, 2.45) is 5.92 Å². The highest BCUT2D eigenvalue weighted by molar-refractivity contribution is 5.86. The molecule has 5 nitrogen and oxygen atoms in total. The van der Waals surface area contributed by atoms with Crippen LogP contribution in [0.25, 0.3) is 0 Å². The second kappa shape index (κ2) is 9.31. The Labute approximate surface area is 121 Å². The van der Waals surface area contributed by atoms with Gasteiger partial charge in [0.25, 0.3) is 0 Å². The molecule has 0 aliphatic rings. The van der Waals surface area contributed by atoms with E-state index in [1.807, 2.05) is 18.7 Å². The van der Waals surface area contributed by atoms with E-state index in [-0.39, 0.29) is 11.8 Å². The molecule has 0 fully saturated rings. The van der Waals surface area contributed by atoms with Gasteiger partial charge < -0.3 is 10.4 Å². The molecule has 20 heavy (non-hydrogen) atoms. The molecule has 0 aromatic rings. The maximum absolute atomic E-state index is 12.1. The van der Waals surface area contributed by atoms with Crippen LogP contribution in [0.15, 0.2) is 25.3 Å².